The van der Waals surface area contributed by atoms with Crippen LogP contribution in [0.5, 0.6) is 0 Å². The summed E-state index contributed by atoms with van der Waals surface area (Å²) in [6.45, 7) is 1.94. The molecule has 0 amide bonds. The molecule has 3 heteroatoms. The first kappa shape index (κ1) is 34.5. The number of benzene rings is 7. The van der Waals surface area contributed by atoms with E-state index in [0.717, 1.165) is 39.8 Å². The highest BCUT2D eigenvalue weighted by Gasteiger charge is 2.14. The zero-order valence-electron chi connectivity index (χ0n) is 31.2. The molecule has 8 aromatic rings. The molecule has 0 saturated heterocycles. The molecule has 0 fully saturated rings. The molecule has 0 atom stereocenters. The Balaban J connectivity index is 1.09. The summed E-state index contributed by atoms with van der Waals surface area (Å²) < 4.78 is 0. The third-order valence-corrected chi connectivity index (χ3v) is 10.2. The van der Waals surface area contributed by atoms with Gasteiger partial charge < -0.3 is 0 Å². The summed E-state index contributed by atoms with van der Waals surface area (Å²) in [5.74, 6) is 1.97. The fourth-order valence-corrected chi connectivity index (χ4v) is 7.33. The minimum Gasteiger partial charge on any atom is -0.213 e. The summed E-state index contributed by atoms with van der Waals surface area (Å²) in [7, 11) is 0. The van der Waals surface area contributed by atoms with E-state index < -0.39 is 0 Å². The molecule has 3 nitrogen and oxygen atoms in total. The first-order valence-electron chi connectivity index (χ1n) is 19.1. The Bertz CT molecular complexity index is 2700. The SMILES string of the molecule is Cc1nc(-c2cccc(-c3cc(C4=CC=CCC=C4)cc(-c4ccccc4)c3)c2)nc(-c2cccc(-c3cc(-c4ccccc4)cc(-c4ccccc4)c3)c2)n1. The van der Waals surface area contributed by atoms with Gasteiger partial charge in [-0.3, -0.25) is 0 Å². The Morgan fingerprint density at radius 3 is 1.18 bits per heavy atom. The van der Waals surface area contributed by atoms with Crippen LogP contribution in [0.3, 0.4) is 0 Å². The van der Waals surface area contributed by atoms with Crippen molar-refractivity contribution >= 4 is 5.57 Å². The average Bonchev–Trinajstić information content (AvgIpc) is 3.57. The van der Waals surface area contributed by atoms with Crippen LogP contribution in [-0.2, 0) is 0 Å². The molecule has 0 saturated carbocycles. The minimum atomic E-state index is 0.649. The van der Waals surface area contributed by atoms with Crippen molar-refractivity contribution in [3.8, 4) is 78.4 Å². The maximum atomic E-state index is 5.09. The molecule has 0 N–H and O–H groups in total. The minimum absolute atomic E-state index is 0.649. The van der Waals surface area contributed by atoms with Crippen molar-refractivity contribution < 1.29 is 0 Å². The van der Waals surface area contributed by atoms with Crippen LogP contribution < -0.4 is 0 Å². The van der Waals surface area contributed by atoms with E-state index in [1.54, 1.807) is 0 Å². The smallest absolute Gasteiger partial charge is 0.163 e. The number of hydrogen-bond acceptors (Lipinski definition) is 3. The zero-order chi connectivity index (χ0) is 37.7. The second kappa shape index (κ2) is 15.6. The van der Waals surface area contributed by atoms with Gasteiger partial charge in [-0.1, -0.05) is 158 Å². The fraction of sp³-hybridized carbons (Fsp3) is 0.0377. The van der Waals surface area contributed by atoms with Crippen LogP contribution in [0.2, 0.25) is 0 Å². The normalized spacial score (nSPS) is 12.3. The molecule has 9 rings (SSSR count). The molecular formula is C53H39N3. The van der Waals surface area contributed by atoms with Crippen molar-refractivity contribution in [2.45, 2.75) is 13.3 Å². The molecule has 1 aliphatic rings. The lowest BCUT2D eigenvalue weighted by Gasteiger charge is -2.13. The number of aryl methyl sites for hydroxylation is 1. The highest BCUT2D eigenvalue weighted by atomic mass is 15.0. The maximum absolute atomic E-state index is 5.09. The van der Waals surface area contributed by atoms with E-state index >= 15 is 0 Å². The number of allylic oxidation sites excluding steroid dienone is 6. The van der Waals surface area contributed by atoms with Crippen molar-refractivity contribution in [2.75, 3.05) is 0 Å². The van der Waals surface area contributed by atoms with Gasteiger partial charge in [-0.2, -0.15) is 0 Å². The summed E-state index contributed by atoms with van der Waals surface area (Å²) in [5.41, 5.74) is 15.8. The van der Waals surface area contributed by atoms with Gasteiger partial charge in [0.2, 0.25) is 0 Å². The lowest BCUT2D eigenvalue weighted by Crippen LogP contribution is -2.00. The number of aromatic nitrogens is 3. The van der Waals surface area contributed by atoms with Gasteiger partial charge in [0.25, 0.3) is 0 Å². The van der Waals surface area contributed by atoms with Crippen molar-refractivity contribution in [2.24, 2.45) is 0 Å². The van der Waals surface area contributed by atoms with Crippen molar-refractivity contribution in [1.29, 1.82) is 0 Å². The van der Waals surface area contributed by atoms with Gasteiger partial charge in [-0.15, -0.1) is 0 Å². The van der Waals surface area contributed by atoms with E-state index in [0.29, 0.717) is 17.5 Å². The van der Waals surface area contributed by atoms with E-state index in [1.807, 2.05) is 6.92 Å². The maximum Gasteiger partial charge on any atom is 0.163 e. The molecule has 7 aromatic carbocycles. The summed E-state index contributed by atoms with van der Waals surface area (Å²) in [6, 6.07) is 62.5. The van der Waals surface area contributed by atoms with Crippen LogP contribution in [0.25, 0.3) is 84.0 Å². The molecule has 266 valence electrons. The Morgan fingerprint density at radius 2 is 0.714 bits per heavy atom. The average molecular weight is 718 g/mol. The van der Waals surface area contributed by atoms with Gasteiger partial charge in [0.15, 0.2) is 11.6 Å². The van der Waals surface area contributed by atoms with Gasteiger partial charge in [0.1, 0.15) is 5.82 Å². The molecule has 1 aromatic heterocycles. The summed E-state index contributed by atoms with van der Waals surface area (Å²) in [6.07, 6.45) is 11.9. The van der Waals surface area contributed by atoms with Crippen LogP contribution in [0.4, 0.5) is 0 Å². The van der Waals surface area contributed by atoms with Crippen LogP contribution in [0.1, 0.15) is 17.8 Å². The third kappa shape index (κ3) is 7.57. The van der Waals surface area contributed by atoms with Crippen LogP contribution in [-0.4, -0.2) is 15.0 Å². The second-order valence-electron chi connectivity index (χ2n) is 14.1. The highest BCUT2D eigenvalue weighted by Crippen LogP contribution is 2.36. The lowest BCUT2D eigenvalue weighted by molar-refractivity contribution is 0.992. The van der Waals surface area contributed by atoms with E-state index in [2.05, 4.69) is 206 Å². The molecule has 0 radical (unpaired) electrons. The van der Waals surface area contributed by atoms with Crippen molar-refractivity contribution in [3.63, 3.8) is 0 Å². The Hall–Kier alpha value is -7.23. The molecule has 0 bridgehead atoms. The summed E-state index contributed by atoms with van der Waals surface area (Å²) in [5, 5.41) is 0. The first-order valence-corrected chi connectivity index (χ1v) is 19.1. The molecule has 1 aliphatic carbocycles. The molecule has 56 heavy (non-hydrogen) atoms. The number of hydrogen-bond donors (Lipinski definition) is 0. The number of rotatable bonds is 8. The second-order valence-corrected chi connectivity index (χ2v) is 14.1. The Labute approximate surface area is 328 Å². The third-order valence-electron chi connectivity index (χ3n) is 10.2. The highest BCUT2D eigenvalue weighted by molar-refractivity contribution is 5.85. The van der Waals surface area contributed by atoms with Crippen molar-refractivity contribution in [3.05, 3.63) is 218 Å². The van der Waals surface area contributed by atoms with Crippen LogP contribution in [0.15, 0.2) is 206 Å². The summed E-state index contributed by atoms with van der Waals surface area (Å²) >= 11 is 0. The summed E-state index contributed by atoms with van der Waals surface area (Å²) in [4.78, 5) is 14.8. The van der Waals surface area contributed by atoms with E-state index in [-0.39, 0.29) is 0 Å². The number of nitrogens with zero attached hydrogens (tertiary/aromatic N) is 3. The van der Waals surface area contributed by atoms with Gasteiger partial charge >= 0.3 is 0 Å². The molecular weight excluding hydrogens is 679 g/mol. The largest absolute Gasteiger partial charge is 0.213 e. The van der Waals surface area contributed by atoms with Crippen LogP contribution >= 0.6 is 0 Å². The Morgan fingerprint density at radius 1 is 0.339 bits per heavy atom. The predicted molar refractivity (Wildman–Crippen MR) is 233 cm³/mol. The van der Waals surface area contributed by atoms with E-state index in [9.17, 15) is 0 Å². The molecule has 0 aliphatic heterocycles. The van der Waals surface area contributed by atoms with Crippen molar-refractivity contribution in [1.82, 2.24) is 15.0 Å². The molecule has 1 heterocycles. The van der Waals surface area contributed by atoms with E-state index in [4.69, 9.17) is 15.0 Å². The zero-order valence-corrected chi connectivity index (χ0v) is 31.2. The van der Waals surface area contributed by atoms with Gasteiger partial charge in [-0.25, -0.2) is 15.0 Å². The quantitative estimate of drug-likeness (QED) is 0.157. The standard InChI is InChI=1S/C53H39N3/c1-37-54-52(44-27-15-25-42(29-44)50-33-46(38-17-7-2-3-8-18-38)31-47(34-50)39-19-9-4-10-20-39)56-53(55-37)45-28-16-26-43(30-45)51-35-48(40-21-11-5-12-22-40)32-49(36-51)41-23-13-6-14-24-41/h2,4-36H,3H2,1H3. The predicted octanol–water partition coefficient (Wildman–Crippen LogP) is 13.7. The topological polar surface area (TPSA) is 38.7 Å². The van der Waals surface area contributed by atoms with Gasteiger partial charge in [0, 0.05) is 11.1 Å². The first-order chi connectivity index (χ1) is 27.6. The fourth-order valence-electron chi connectivity index (χ4n) is 7.33. The monoisotopic (exact) mass is 717 g/mol. The van der Waals surface area contributed by atoms with Gasteiger partial charge in [-0.05, 0) is 129 Å². The Kier molecular flexibility index (Phi) is 9.64. The van der Waals surface area contributed by atoms with Gasteiger partial charge in [0.05, 0.1) is 0 Å². The molecule has 0 unspecified atom stereocenters. The van der Waals surface area contributed by atoms with Crippen LogP contribution in [0, 0.1) is 6.92 Å². The molecule has 0 spiro atoms. The lowest BCUT2D eigenvalue weighted by atomic mass is 9.92. The van der Waals surface area contributed by atoms with E-state index in [1.165, 1.54) is 44.5 Å².